The van der Waals surface area contributed by atoms with Gasteiger partial charge in [-0.2, -0.15) is 0 Å². The molecule has 0 rings (SSSR count). The molecule has 7 heteroatoms. The van der Waals surface area contributed by atoms with Crippen LogP contribution in [0.15, 0.2) is 39.6 Å². The molecular formula is C14H22N2O4S. The maximum Gasteiger partial charge on any atom is 0.309 e. The van der Waals surface area contributed by atoms with E-state index in [2.05, 4.69) is 4.99 Å². The summed E-state index contributed by atoms with van der Waals surface area (Å²) in [6.45, 7) is 7.22. The van der Waals surface area contributed by atoms with E-state index < -0.39 is 25.5 Å². The Hall–Kier alpha value is -1.76. The largest absolute Gasteiger partial charge is 0.309 e. The molecular weight excluding hydrogens is 292 g/mol. The quantitative estimate of drug-likeness (QED) is 0.256. The Morgan fingerprint density at radius 2 is 1.76 bits per heavy atom. The van der Waals surface area contributed by atoms with Gasteiger partial charge in [0.2, 0.25) is 5.04 Å². The average Bonchev–Trinajstić information content (AvgIpc) is 2.33. The summed E-state index contributed by atoms with van der Waals surface area (Å²) in [5.74, 6) is 0. The first kappa shape index (κ1) is 19.2. The predicted octanol–water partition coefficient (Wildman–Crippen LogP) is 2.91. The third-order valence-corrected chi connectivity index (χ3v) is 3.85. The zero-order chi connectivity index (χ0) is 16.8. The number of nitrogens with zero attached hydrogens (tertiary/aromatic N) is 2. The number of hydrogen-bond donors (Lipinski definition) is 0. The highest BCUT2D eigenvalue weighted by Gasteiger charge is 2.31. The first-order valence-corrected chi connectivity index (χ1v) is 8.32. The van der Waals surface area contributed by atoms with Gasteiger partial charge in [0.1, 0.15) is 0 Å². The van der Waals surface area contributed by atoms with Gasteiger partial charge in [0.15, 0.2) is 9.84 Å². The van der Waals surface area contributed by atoms with E-state index in [0.717, 1.165) is 11.8 Å². The van der Waals surface area contributed by atoms with Crippen molar-refractivity contribution in [3.8, 4) is 0 Å². The van der Waals surface area contributed by atoms with Gasteiger partial charge >= 0.3 is 5.70 Å². The van der Waals surface area contributed by atoms with E-state index in [1.54, 1.807) is 13.0 Å². The standard InChI is InChI=1S/C14H22N2O4S/c1-7-12(9-8-10(2)3)11(4)13(16(17)18)14(15-5)21(6,19)20/h8-9H,7H2,1-6H3/b12-9-,13-11-,15-14+. The summed E-state index contributed by atoms with van der Waals surface area (Å²) < 4.78 is 23.4. The molecule has 0 unspecified atom stereocenters. The minimum absolute atomic E-state index is 0.311. The van der Waals surface area contributed by atoms with Crippen LogP contribution in [0.1, 0.15) is 34.1 Å². The Kier molecular flexibility index (Phi) is 7.21. The van der Waals surface area contributed by atoms with Gasteiger partial charge in [0.05, 0.1) is 4.92 Å². The summed E-state index contributed by atoms with van der Waals surface area (Å²) in [7, 11) is -2.53. The highest BCUT2D eigenvalue weighted by molar-refractivity contribution is 8.06. The topological polar surface area (TPSA) is 89.6 Å². The minimum atomic E-state index is -3.77. The van der Waals surface area contributed by atoms with Gasteiger partial charge in [-0.3, -0.25) is 15.1 Å². The van der Waals surface area contributed by atoms with Crippen LogP contribution in [0.4, 0.5) is 0 Å². The van der Waals surface area contributed by atoms with Crippen LogP contribution >= 0.6 is 0 Å². The molecule has 0 aromatic carbocycles. The maximum atomic E-state index is 11.7. The number of hydrogen-bond acceptors (Lipinski definition) is 5. The molecule has 0 heterocycles. The molecule has 118 valence electrons. The monoisotopic (exact) mass is 314 g/mol. The SMILES string of the molecule is CCC(=C/C=C(C)C)/C(C)=C(/C(=N\C)S(C)(=O)=O)[N+](=O)[O-]. The zero-order valence-corrected chi connectivity index (χ0v) is 14.1. The van der Waals surface area contributed by atoms with Gasteiger partial charge in [-0.1, -0.05) is 24.6 Å². The fraction of sp³-hybridized carbons (Fsp3) is 0.500. The van der Waals surface area contributed by atoms with Gasteiger partial charge in [-0.25, -0.2) is 8.42 Å². The first-order valence-electron chi connectivity index (χ1n) is 6.43. The van der Waals surface area contributed by atoms with Crippen LogP contribution in [0, 0.1) is 10.1 Å². The number of nitro groups is 1. The van der Waals surface area contributed by atoms with E-state index in [-0.39, 0.29) is 0 Å². The van der Waals surface area contributed by atoms with Crippen molar-refractivity contribution in [3.63, 3.8) is 0 Å². The lowest BCUT2D eigenvalue weighted by molar-refractivity contribution is -0.415. The Morgan fingerprint density at radius 1 is 1.24 bits per heavy atom. The van der Waals surface area contributed by atoms with E-state index in [1.807, 2.05) is 26.8 Å². The van der Waals surface area contributed by atoms with E-state index in [9.17, 15) is 18.5 Å². The second-order valence-corrected chi connectivity index (χ2v) is 6.75. The molecule has 0 aliphatic rings. The molecule has 0 N–H and O–H groups in total. The Labute approximate surface area is 126 Å². The van der Waals surface area contributed by atoms with Crippen LogP contribution in [0.2, 0.25) is 0 Å². The average molecular weight is 314 g/mol. The first-order chi connectivity index (χ1) is 9.56. The third kappa shape index (κ3) is 5.63. The number of aliphatic imine (C=N–C) groups is 1. The third-order valence-electron chi connectivity index (χ3n) is 2.78. The Balaban J connectivity index is 6.35. The van der Waals surface area contributed by atoms with E-state index in [4.69, 9.17) is 0 Å². The zero-order valence-electron chi connectivity index (χ0n) is 13.3. The molecule has 0 atom stereocenters. The van der Waals surface area contributed by atoms with E-state index >= 15 is 0 Å². The summed E-state index contributed by atoms with van der Waals surface area (Å²) >= 11 is 0. The van der Waals surface area contributed by atoms with Crippen LogP contribution in [0.3, 0.4) is 0 Å². The molecule has 0 saturated carbocycles. The highest BCUT2D eigenvalue weighted by atomic mass is 32.2. The Bertz CT molecular complexity index is 634. The summed E-state index contributed by atoms with van der Waals surface area (Å²) in [6, 6.07) is 0. The van der Waals surface area contributed by atoms with Crippen LogP contribution in [0.5, 0.6) is 0 Å². The molecule has 0 aromatic rings. The maximum absolute atomic E-state index is 11.7. The summed E-state index contributed by atoms with van der Waals surface area (Å²) in [6.07, 6.45) is 5.07. The second-order valence-electron chi connectivity index (χ2n) is 4.82. The predicted molar refractivity (Wildman–Crippen MR) is 85.7 cm³/mol. The van der Waals surface area contributed by atoms with Crippen molar-refractivity contribution < 1.29 is 13.3 Å². The second kappa shape index (κ2) is 7.87. The van der Waals surface area contributed by atoms with Crippen LogP contribution in [0.25, 0.3) is 0 Å². The highest BCUT2D eigenvalue weighted by Crippen LogP contribution is 2.21. The van der Waals surface area contributed by atoms with Gasteiger partial charge in [0.25, 0.3) is 0 Å². The summed E-state index contributed by atoms with van der Waals surface area (Å²) in [5, 5.41) is 10.8. The number of sulfone groups is 1. The smallest absolute Gasteiger partial charge is 0.271 e. The van der Waals surface area contributed by atoms with Crippen molar-refractivity contribution in [1.29, 1.82) is 0 Å². The van der Waals surface area contributed by atoms with E-state index in [0.29, 0.717) is 17.6 Å². The lowest BCUT2D eigenvalue weighted by atomic mass is 10.0. The van der Waals surface area contributed by atoms with Crippen molar-refractivity contribution in [2.45, 2.75) is 34.1 Å². The van der Waals surface area contributed by atoms with Gasteiger partial charge < -0.3 is 0 Å². The normalized spacial score (nSPS) is 14.6. The molecule has 0 radical (unpaired) electrons. The molecule has 0 bridgehead atoms. The van der Waals surface area contributed by atoms with Crippen LogP contribution in [-0.4, -0.2) is 31.7 Å². The summed E-state index contributed by atoms with van der Waals surface area (Å²) in [5.41, 5.74) is 1.60. The molecule has 0 spiro atoms. The lowest BCUT2D eigenvalue weighted by Gasteiger charge is -2.08. The number of allylic oxidation sites excluding steroid dienone is 5. The molecule has 0 aliphatic heterocycles. The number of rotatable bonds is 5. The minimum Gasteiger partial charge on any atom is -0.271 e. The van der Waals surface area contributed by atoms with Crippen molar-refractivity contribution in [3.05, 3.63) is 44.7 Å². The van der Waals surface area contributed by atoms with Gasteiger partial charge in [-0.05, 0) is 32.8 Å². The van der Waals surface area contributed by atoms with Gasteiger partial charge in [0, 0.05) is 18.9 Å². The van der Waals surface area contributed by atoms with Crippen LogP contribution < -0.4 is 0 Å². The molecule has 0 amide bonds. The fourth-order valence-electron chi connectivity index (χ4n) is 1.75. The molecule has 0 saturated heterocycles. The molecule has 0 aliphatic carbocycles. The van der Waals surface area contributed by atoms with Crippen LogP contribution in [-0.2, 0) is 9.84 Å². The fourth-order valence-corrected chi connectivity index (χ4v) is 2.66. The van der Waals surface area contributed by atoms with Crippen molar-refractivity contribution >= 4 is 14.9 Å². The van der Waals surface area contributed by atoms with Crippen molar-refractivity contribution in [2.24, 2.45) is 4.99 Å². The van der Waals surface area contributed by atoms with E-state index in [1.165, 1.54) is 7.05 Å². The molecule has 0 fully saturated rings. The van der Waals surface area contributed by atoms with Gasteiger partial charge in [-0.15, -0.1) is 0 Å². The molecule has 21 heavy (non-hydrogen) atoms. The molecule has 6 nitrogen and oxygen atoms in total. The Morgan fingerprint density at radius 3 is 2.05 bits per heavy atom. The van der Waals surface area contributed by atoms with Crippen molar-refractivity contribution in [2.75, 3.05) is 13.3 Å². The van der Waals surface area contributed by atoms with Crippen molar-refractivity contribution in [1.82, 2.24) is 0 Å². The lowest BCUT2D eigenvalue weighted by Crippen LogP contribution is -2.22. The summed E-state index contributed by atoms with van der Waals surface area (Å²) in [4.78, 5) is 14.2. The molecule has 0 aromatic heterocycles.